The number of nitrogens with zero attached hydrogens (tertiary/aromatic N) is 3. The van der Waals surface area contributed by atoms with Gasteiger partial charge in [-0.15, -0.1) is 0 Å². The van der Waals surface area contributed by atoms with E-state index >= 15 is 0 Å². The van der Waals surface area contributed by atoms with Crippen molar-refractivity contribution < 1.29 is 9.90 Å². The number of fused-ring (bicyclic) bond motifs is 1. The van der Waals surface area contributed by atoms with Crippen LogP contribution < -0.4 is 0 Å². The molecule has 0 saturated heterocycles. The molecule has 1 fully saturated rings. The fourth-order valence-electron chi connectivity index (χ4n) is 2.66. The third-order valence-corrected chi connectivity index (χ3v) is 4.37. The summed E-state index contributed by atoms with van der Waals surface area (Å²) < 4.78 is 2.01. The summed E-state index contributed by atoms with van der Waals surface area (Å²) in [6.45, 7) is 2.28. The van der Waals surface area contributed by atoms with Crippen molar-refractivity contribution in [3.05, 3.63) is 29.0 Å². The summed E-state index contributed by atoms with van der Waals surface area (Å²) in [6, 6.07) is 5.48. The molecular weight excluding hydrogens is 290 g/mol. The van der Waals surface area contributed by atoms with Crippen molar-refractivity contribution >= 4 is 28.6 Å². The van der Waals surface area contributed by atoms with Crippen molar-refractivity contribution in [2.75, 3.05) is 0 Å². The Morgan fingerprint density at radius 2 is 2.29 bits per heavy atom. The number of benzene rings is 1. The van der Waals surface area contributed by atoms with Crippen LogP contribution in [0.4, 0.5) is 0 Å². The monoisotopic (exact) mass is 307 g/mol. The molecule has 1 aromatic carbocycles. The van der Waals surface area contributed by atoms with Gasteiger partial charge in [-0.25, -0.2) is 4.98 Å². The maximum atomic E-state index is 11.3. The summed E-state index contributed by atoms with van der Waals surface area (Å²) in [7, 11) is 1.95. The van der Waals surface area contributed by atoms with Crippen LogP contribution in [0.1, 0.15) is 25.6 Å². The van der Waals surface area contributed by atoms with E-state index in [9.17, 15) is 9.90 Å². The van der Waals surface area contributed by atoms with Gasteiger partial charge in [-0.2, -0.15) is 0 Å². The van der Waals surface area contributed by atoms with Crippen LogP contribution in [0.25, 0.3) is 11.0 Å². The SMILES string of the molecule is CC(C(=O)O)N(Cc1nc2cc(Cl)ccc2n1C)C1CC1. The molecular formula is C15H18ClN3O2. The second kappa shape index (κ2) is 5.31. The molecule has 0 amide bonds. The van der Waals surface area contributed by atoms with Gasteiger partial charge >= 0.3 is 5.97 Å². The van der Waals surface area contributed by atoms with Gasteiger partial charge in [0.2, 0.25) is 0 Å². The summed E-state index contributed by atoms with van der Waals surface area (Å²) in [6.07, 6.45) is 2.13. The third-order valence-electron chi connectivity index (χ3n) is 4.13. The summed E-state index contributed by atoms with van der Waals surface area (Å²) in [5, 5.41) is 9.92. The highest BCUT2D eigenvalue weighted by atomic mass is 35.5. The standard InChI is InChI=1S/C15H18ClN3O2/c1-9(15(20)21)19(11-4-5-11)8-14-17-12-7-10(16)3-6-13(12)18(14)2/h3,6-7,9,11H,4-5,8H2,1-2H3,(H,20,21). The van der Waals surface area contributed by atoms with Gasteiger partial charge in [0.15, 0.2) is 0 Å². The average Bonchev–Trinajstić information content (AvgIpc) is 3.22. The molecule has 6 heteroatoms. The predicted molar refractivity (Wildman–Crippen MR) is 81.4 cm³/mol. The summed E-state index contributed by atoms with van der Waals surface area (Å²) in [5.74, 6) is 0.0796. The number of carboxylic acid groups (broad SMARTS) is 1. The van der Waals surface area contributed by atoms with E-state index in [1.54, 1.807) is 6.92 Å². The van der Waals surface area contributed by atoms with Crippen molar-refractivity contribution in [2.45, 2.75) is 38.4 Å². The number of imidazole rings is 1. The second-order valence-electron chi connectivity index (χ2n) is 5.64. The van der Waals surface area contributed by atoms with Crippen molar-refractivity contribution in [1.29, 1.82) is 0 Å². The molecule has 5 nitrogen and oxygen atoms in total. The Hall–Kier alpha value is -1.59. The first kappa shape index (κ1) is 14.4. The Balaban J connectivity index is 1.92. The minimum Gasteiger partial charge on any atom is -0.480 e. The van der Waals surface area contributed by atoms with Crippen molar-refractivity contribution in [1.82, 2.24) is 14.5 Å². The number of rotatable bonds is 5. The maximum Gasteiger partial charge on any atom is 0.320 e. The predicted octanol–water partition coefficient (Wildman–Crippen LogP) is 2.66. The topological polar surface area (TPSA) is 58.4 Å². The minimum atomic E-state index is -0.788. The number of aliphatic carboxylic acids is 1. The molecule has 1 aromatic heterocycles. The van der Waals surface area contributed by atoms with Gasteiger partial charge in [-0.3, -0.25) is 9.69 Å². The van der Waals surface area contributed by atoms with Gasteiger partial charge in [0, 0.05) is 18.1 Å². The van der Waals surface area contributed by atoms with E-state index in [4.69, 9.17) is 11.6 Å². The number of hydrogen-bond donors (Lipinski definition) is 1. The van der Waals surface area contributed by atoms with Crippen molar-refractivity contribution in [2.24, 2.45) is 7.05 Å². The lowest BCUT2D eigenvalue weighted by Crippen LogP contribution is -2.40. The zero-order chi connectivity index (χ0) is 15.1. The summed E-state index contributed by atoms with van der Waals surface area (Å²) >= 11 is 6.00. The molecule has 3 rings (SSSR count). The molecule has 1 atom stereocenters. The van der Waals surface area contributed by atoms with E-state index in [2.05, 4.69) is 4.98 Å². The lowest BCUT2D eigenvalue weighted by molar-refractivity contribution is -0.143. The van der Waals surface area contributed by atoms with E-state index in [1.807, 2.05) is 34.7 Å². The average molecular weight is 308 g/mol. The van der Waals surface area contributed by atoms with E-state index < -0.39 is 12.0 Å². The van der Waals surface area contributed by atoms with Crippen molar-refractivity contribution in [3.63, 3.8) is 0 Å². The smallest absolute Gasteiger partial charge is 0.320 e. The first-order chi connectivity index (χ1) is 9.97. The Kier molecular flexibility index (Phi) is 3.63. The van der Waals surface area contributed by atoms with Gasteiger partial charge in [-0.05, 0) is 38.0 Å². The highest BCUT2D eigenvalue weighted by Crippen LogP contribution is 2.30. The first-order valence-electron chi connectivity index (χ1n) is 7.07. The van der Waals surface area contributed by atoms with Crippen LogP contribution in [-0.2, 0) is 18.4 Å². The molecule has 1 heterocycles. The van der Waals surface area contributed by atoms with Crippen molar-refractivity contribution in [3.8, 4) is 0 Å². The van der Waals surface area contributed by atoms with E-state index in [1.165, 1.54) is 0 Å². The van der Waals surface area contributed by atoms with Gasteiger partial charge in [0.05, 0.1) is 17.6 Å². The highest BCUT2D eigenvalue weighted by molar-refractivity contribution is 6.31. The molecule has 0 aliphatic heterocycles. The largest absolute Gasteiger partial charge is 0.480 e. The van der Waals surface area contributed by atoms with Crippen LogP contribution in [0.2, 0.25) is 5.02 Å². The number of carboxylic acids is 1. The van der Waals surface area contributed by atoms with E-state index in [0.29, 0.717) is 17.6 Å². The first-order valence-corrected chi connectivity index (χ1v) is 7.44. The normalized spacial score (nSPS) is 16.6. The van der Waals surface area contributed by atoms with Gasteiger partial charge in [0.25, 0.3) is 0 Å². The van der Waals surface area contributed by atoms with Crippen LogP contribution in [0.3, 0.4) is 0 Å². The molecule has 2 aromatic rings. The summed E-state index contributed by atoms with van der Waals surface area (Å²) in [5.41, 5.74) is 1.85. The second-order valence-corrected chi connectivity index (χ2v) is 6.07. The molecule has 112 valence electrons. The fraction of sp³-hybridized carbons (Fsp3) is 0.467. The molecule has 1 aliphatic rings. The number of hydrogen-bond acceptors (Lipinski definition) is 3. The number of carbonyl (C=O) groups is 1. The quantitative estimate of drug-likeness (QED) is 0.922. The van der Waals surface area contributed by atoms with Crippen LogP contribution in [-0.4, -0.2) is 37.6 Å². The molecule has 1 saturated carbocycles. The molecule has 1 unspecified atom stereocenters. The van der Waals surface area contributed by atoms with Crippen LogP contribution in [0.5, 0.6) is 0 Å². The Morgan fingerprint density at radius 3 is 2.90 bits per heavy atom. The molecule has 21 heavy (non-hydrogen) atoms. The highest BCUT2D eigenvalue weighted by Gasteiger charge is 2.35. The van der Waals surface area contributed by atoms with Crippen LogP contribution >= 0.6 is 11.6 Å². The van der Waals surface area contributed by atoms with Crippen LogP contribution in [0, 0.1) is 0 Å². The Labute approximate surface area is 128 Å². The zero-order valence-electron chi connectivity index (χ0n) is 12.1. The molecule has 0 radical (unpaired) electrons. The van der Waals surface area contributed by atoms with Gasteiger partial charge in [-0.1, -0.05) is 11.6 Å². The summed E-state index contributed by atoms with van der Waals surface area (Å²) in [4.78, 5) is 17.9. The fourth-order valence-corrected chi connectivity index (χ4v) is 2.82. The van der Waals surface area contributed by atoms with Gasteiger partial charge in [0.1, 0.15) is 11.9 Å². The third kappa shape index (κ3) is 2.76. The van der Waals surface area contributed by atoms with E-state index in [0.717, 1.165) is 29.7 Å². The zero-order valence-corrected chi connectivity index (χ0v) is 12.8. The van der Waals surface area contributed by atoms with E-state index in [-0.39, 0.29) is 0 Å². The molecule has 0 spiro atoms. The lowest BCUT2D eigenvalue weighted by atomic mass is 10.2. The minimum absolute atomic E-state index is 0.361. The lowest BCUT2D eigenvalue weighted by Gasteiger charge is -2.25. The number of aryl methyl sites for hydroxylation is 1. The molecule has 1 aliphatic carbocycles. The molecule has 0 bridgehead atoms. The number of aromatic nitrogens is 2. The Morgan fingerprint density at radius 1 is 1.57 bits per heavy atom. The van der Waals surface area contributed by atoms with Crippen LogP contribution in [0.15, 0.2) is 18.2 Å². The number of halogens is 1. The molecule has 1 N–H and O–H groups in total. The Bertz CT molecular complexity index is 694. The van der Waals surface area contributed by atoms with Gasteiger partial charge < -0.3 is 9.67 Å². The maximum absolute atomic E-state index is 11.3.